The highest BCUT2D eigenvalue weighted by atomic mass is 16.5. The molecule has 0 fully saturated rings. The van der Waals surface area contributed by atoms with Crippen LogP contribution in [-0.4, -0.2) is 16.3 Å². The third kappa shape index (κ3) is 3.35. The van der Waals surface area contributed by atoms with Gasteiger partial charge in [0.25, 0.3) is 0 Å². The molecule has 17 heavy (non-hydrogen) atoms. The van der Waals surface area contributed by atoms with E-state index in [1.165, 1.54) is 0 Å². The molecule has 5 nitrogen and oxygen atoms in total. The number of nitrogens with zero attached hydrogens (tertiary/aromatic N) is 2. The van der Waals surface area contributed by atoms with Crippen LogP contribution in [0.1, 0.15) is 18.4 Å². The molecule has 0 aliphatic carbocycles. The van der Waals surface area contributed by atoms with Crippen molar-refractivity contribution in [3.63, 3.8) is 0 Å². The topological polar surface area (TPSA) is 52.2 Å². The fraction of sp³-hybridized carbons (Fsp3) is 0.417. The minimum absolute atomic E-state index is 0.428. The smallest absolute Gasteiger partial charge is 0.157 e. The lowest BCUT2D eigenvalue weighted by atomic mass is 10.4. The molecule has 0 aliphatic heterocycles. The highest BCUT2D eigenvalue weighted by Gasteiger charge is 2.03. The Morgan fingerprint density at radius 1 is 1.41 bits per heavy atom. The van der Waals surface area contributed by atoms with E-state index >= 15 is 0 Å². The van der Waals surface area contributed by atoms with E-state index < -0.39 is 0 Å². The van der Waals surface area contributed by atoms with Crippen molar-refractivity contribution in [3.05, 3.63) is 36.0 Å². The molecule has 1 N–H and O–H groups in total. The molecule has 0 saturated heterocycles. The van der Waals surface area contributed by atoms with E-state index in [-0.39, 0.29) is 0 Å². The minimum Gasteiger partial charge on any atom is -0.482 e. The molecule has 2 aromatic heterocycles. The van der Waals surface area contributed by atoms with Gasteiger partial charge in [-0.3, -0.25) is 4.68 Å². The second-order valence-corrected chi connectivity index (χ2v) is 3.79. The van der Waals surface area contributed by atoms with Gasteiger partial charge >= 0.3 is 0 Å². The third-order valence-electron chi connectivity index (χ3n) is 2.33. The zero-order valence-corrected chi connectivity index (χ0v) is 10.1. The first kappa shape index (κ1) is 11.7. The SMILES string of the molecule is CCNCc1ccc(COc2cnn(C)c2)o1. The van der Waals surface area contributed by atoms with Gasteiger partial charge in [-0.15, -0.1) is 0 Å². The summed E-state index contributed by atoms with van der Waals surface area (Å²) in [5.41, 5.74) is 0. The highest BCUT2D eigenvalue weighted by molar-refractivity contribution is 5.13. The van der Waals surface area contributed by atoms with E-state index in [0.29, 0.717) is 6.61 Å². The molecule has 92 valence electrons. The van der Waals surface area contributed by atoms with Crippen molar-refractivity contribution >= 4 is 0 Å². The van der Waals surface area contributed by atoms with Gasteiger partial charge in [0.2, 0.25) is 0 Å². The Bertz CT molecular complexity index is 462. The molecular formula is C12H17N3O2. The Morgan fingerprint density at radius 3 is 2.94 bits per heavy atom. The van der Waals surface area contributed by atoms with Crippen LogP contribution in [-0.2, 0) is 20.2 Å². The van der Waals surface area contributed by atoms with E-state index in [0.717, 1.165) is 30.4 Å². The molecule has 5 heteroatoms. The lowest BCUT2D eigenvalue weighted by Crippen LogP contribution is -2.10. The molecule has 0 radical (unpaired) electrons. The average molecular weight is 235 g/mol. The normalized spacial score (nSPS) is 10.7. The molecule has 0 atom stereocenters. The van der Waals surface area contributed by atoms with Gasteiger partial charge in [-0.25, -0.2) is 0 Å². The number of aromatic nitrogens is 2. The summed E-state index contributed by atoms with van der Waals surface area (Å²) in [5, 5.41) is 7.23. The first-order valence-corrected chi connectivity index (χ1v) is 5.67. The zero-order valence-electron chi connectivity index (χ0n) is 10.1. The van der Waals surface area contributed by atoms with E-state index in [1.807, 2.05) is 25.4 Å². The van der Waals surface area contributed by atoms with Gasteiger partial charge in [-0.1, -0.05) is 6.92 Å². The van der Waals surface area contributed by atoms with Crippen molar-refractivity contribution in [2.24, 2.45) is 7.05 Å². The van der Waals surface area contributed by atoms with Gasteiger partial charge in [0, 0.05) is 7.05 Å². The molecule has 0 bridgehead atoms. The van der Waals surface area contributed by atoms with Crippen LogP contribution < -0.4 is 10.1 Å². The second-order valence-electron chi connectivity index (χ2n) is 3.79. The molecular weight excluding hydrogens is 218 g/mol. The van der Waals surface area contributed by atoms with Crippen molar-refractivity contribution in [1.82, 2.24) is 15.1 Å². The molecule has 0 aliphatic rings. The van der Waals surface area contributed by atoms with Crippen LogP contribution in [0.15, 0.2) is 28.9 Å². The van der Waals surface area contributed by atoms with E-state index in [9.17, 15) is 0 Å². The number of hydrogen-bond donors (Lipinski definition) is 1. The number of furan rings is 1. The van der Waals surface area contributed by atoms with Crippen LogP contribution in [0.5, 0.6) is 5.75 Å². The second kappa shape index (κ2) is 5.54. The Hall–Kier alpha value is -1.75. The largest absolute Gasteiger partial charge is 0.482 e. The lowest BCUT2D eigenvalue weighted by molar-refractivity contribution is 0.265. The number of rotatable bonds is 6. The fourth-order valence-corrected chi connectivity index (χ4v) is 1.47. The summed E-state index contributed by atoms with van der Waals surface area (Å²) >= 11 is 0. The quantitative estimate of drug-likeness (QED) is 0.828. The Morgan fingerprint density at radius 2 is 2.24 bits per heavy atom. The van der Waals surface area contributed by atoms with Gasteiger partial charge in [0.1, 0.15) is 18.1 Å². The molecule has 2 heterocycles. The number of aryl methyl sites for hydroxylation is 1. The van der Waals surface area contributed by atoms with Crippen LogP contribution in [0.2, 0.25) is 0 Å². The molecule has 0 saturated carbocycles. The molecule has 0 unspecified atom stereocenters. The third-order valence-corrected chi connectivity index (χ3v) is 2.33. The summed E-state index contributed by atoms with van der Waals surface area (Å²) in [6, 6.07) is 3.90. The lowest BCUT2D eigenvalue weighted by Gasteiger charge is -2.00. The Labute approximate surface area is 100 Å². The van der Waals surface area contributed by atoms with Crippen molar-refractivity contribution in [2.75, 3.05) is 6.54 Å². The predicted molar refractivity (Wildman–Crippen MR) is 63.6 cm³/mol. The van der Waals surface area contributed by atoms with Crippen LogP contribution in [0.4, 0.5) is 0 Å². The zero-order chi connectivity index (χ0) is 12.1. The van der Waals surface area contributed by atoms with Gasteiger partial charge < -0.3 is 14.5 Å². The maximum absolute atomic E-state index is 5.60. The molecule has 2 aromatic rings. The summed E-state index contributed by atoms with van der Waals surface area (Å²) in [7, 11) is 1.86. The maximum atomic E-state index is 5.60. The number of nitrogens with one attached hydrogen (secondary N) is 1. The standard InChI is InChI=1S/C12H17N3O2/c1-3-13-6-10-4-5-11(17-10)9-16-12-7-14-15(2)8-12/h4-5,7-8,13H,3,6,9H2,1-2H3. The van der Waals surface area contributed by atoms with Gasteiger partial charge in [0.15, 0.2) is 5.75 Å². The molecule has 2 rings (SSSR count). The first-order chi connectivity index (χ1) is 8.28. The van der Waals surface area contributed by atoms with Crippen LogP contribution in [0.25, 0.3) is 0 Å². The Kier molecular flexibility index (Phi) is 3.82. The number of ether oxygens (including phenoxy) is 1. The summed E-state index contributed by atoms with van der Waals surface area (Å²) in [4.78, 5) is 0. The van der Waals surface area contributed by atoms with Crippen LogP contribution in [0, 0.1) is 0 Å². The van der Waals surface area contributed by atoms with Crippen molar-refractivity contribution in [2.45, 2.75) is 20.1 Å². The van der Waals surface area contributed by atoms with Crippen molar-refractivity contribution in [3.8, 4) is 5.75 Å². The predicted octanol–water partition coefficient (Wildman–Crippen LogP) is 1.70. The molecule has 0 spiro atoms. The molecule has 0 amide bonds. The fourth-order valence-electron chi connectivity index (χ4n) is 1.47. The van der Waals surface area contributed by atoms with Crippen LogP contribution in [0.3, 0.4) is 0 Å². The van der Waals surface area contributed by atoms with E-state index in [4.69, 9.17) is 9.15 Å². The van der Waals surface area contributed by atoms with Crippen molar-refractivity contribution < 1.29 is 9.15 Å². The molecule has 0 aromatic carbocycles. The monoisotopic (exact) mass is 235 g/mol. The van der Waals surface area contributed by atoms with Crippen molar-refractivity contribution in [1.29, 1.82) is 0 Å². The first-order valence-electron chi connectivity index (χ1n) is 5.67. The highest BCUT2D eigenvalue weighted by Crippen LogP contribution is 2.13. The average Bonchev–Trinajstić information content (AvgIpc) is 2.93. The summed E-state index contributed by atoms with van der Waals surface area (Å²) in [6.07, 6.45) is 3.50. The van der Waals surface area contributed by atoms with Gasteiger partial charge in [0.05, 0.1) is 18.9 Å². The minimum atomic E-state index is 0.428. The summed E-state index contributed by atoms with van der Waals surface area (Å²) in [5.74, 6) is 2.50. The maximum Gasteiger partial charge on any atom is 0.157 e. The van der Waals surface area contributed by atoms with Crippen LogP contribution >= 0.6 is 0 Å². The van der Waals surface area contributed by atoms with E-state index in [1.54, 1.807) is 10.9 Å². The summed E-state index contributed by atoms with van der Waals surface area (Å²) in [6.45, 7) is 4.18. The summed E-state index contributed by atoms with van der Waals surface area (Å²) < 4.78 is 12.8. The Balaban J connectivity index is 1.84. The van der Waals surface area contributed by atoms with E-state index in [2.05, 4.69) is 17.3 Å². The van der Waals surface area contributed by atoms with Gasteiger partial charge in [-0.2, -0.15) is 5.10 Å². The number of hydrogen-bond acceptors (Lipinski definition) is 4. The van der Waals surface area contributed by atoms with Gasteiger partial charge in [-0.05, 0) is 18.7 Å².